The number of ether oxygens (including phenoxy) is 2. The first-order valence-electron chi connectivity index (χ1n) is 8.78. The number of aliphatic carboxylic acids is 1. The molecule has 1 heterocycles. The third-order valence-electron chi connectivity index (χ3n) is 3.83. The summed E-state index contributed by atoms with van der Waals surface area (Å²) in [6.45, 7) is 7.05. The molecule has 29 heavy (non-hydrogen) atoms. The van der Waals surface area contributed by atoms with Crippen LogP contribution in [-0.4, -0.2) is 60.2 Å². The molecule has 0 saturated carbocycles. The van der Waals surface area contributed by atoms with Crippen LogP contribution in [0.5, 0.6) is 0 Å². The Morgan fingerprint density at radius 2 is 2.10 bits per heavy atom. The maximum Gasteiger partial charge on any atom is 0.370 e. The zero-order valence-electron chi connectivity index (χ0n) is 16.3. The number of allylic oxidation sites excluding steroid dienone is 1. The Labute approximate surface area is 167 Å². The Bertz CT molecular complexity index is 681. The van der Waals surface area contributed by atoms with Crippen molar-refractivity contribution in [1.29, 1.82) is 5.41 Å². The number of carboxylic acid groups (broad SMARTS) is 1. The molecular weight excluding hydrogens is 391 g/mol. The highest BCUT2D eigenvalue weighted by atomic mass is 19.1. The van der Waals surface area contributed by atoms with E-state index in [1.807, 2.05) is 0 Å². The van der Waals surface area contributed by atoms with E-state index in [9.17, 15) is 19.5 Å². The summed E-state index contributed by atoms with van der Waals surface area (Å²) in [6.07, 6.45) is -3.20. The minimum Gasteiger partial charge on any atom is -0.478 e. The molecule has 1 rings (SSSR count). The highest BCUT2D eigenvalue weighted by Crippen LogP contribution is 2.28. The van der Waals surface area contributed by atoms with Crippen molar-refractivity contribution in [3.63, 3.8) is 0 Å². The van der Waals surface area contributed by atoms with Gasteiger partial charge in [-0.3, -0.25) is 9.59 Å². The lowest BCUT2D eigenvalue weighted by atomic mass is 9.88. The van der Waals surface area contributed by atoms with Crippen LogP contribution in [-0.2, 0) is 33.6 Å². The number of nitrogens with one attached hydrogen (secondary N) is 2. The summed E-state index contributed by atoms with van der Waals surface area (Å²) in [6, 6.07) is -1.11. The standard InChI is InChI=1S/C18H25FN2O8/c1-5-14(23)26-8-13(29-28-9(2)3)15(19)17-16(21-10(4)22)11(7-20)6-12(27-17)18(24)25/h6-7,11,13,15-17,20H,2,5,8H2,1,3-4H3,(H,21,22)(H,24,25)/t11-,13?,15?,16?,17+/m1/s1. The zero-order valence-corrected chi connectivity index (χ0v) is 16.3. The minimum absolute atomic E-state index is 0.0429. The highest BCUT2D eigenvalue weighted by Gasteiger charge is 2.45. The average Bonchev–Trinajstić information content (AvgIpc) is 2.66. The highest BCUT2D eigenvalue weighted by molar-refractivity contribution is 5.86. The summed E-state index contributed by atoms with van der Waals surface area (Å²) in [5.74, 6) is -4.07. The number of halogens is 1. The quantitative estimate of drug-likeness (QED) is 0.150. The number of carboxylic acids is 1. The molecule has 0 radical (unpaired) electrons. The van der Waals surface area contributed by atoms with Gasteiger partial charge < -0.3 is 30.2 Å². The van der Waals surface area contributed by atoms with Crippen LogP contribution in [0, 0.1) is 11.3 Å². The number of rotatable bonds is 11. The van der Waals surface area contributed by atoms with E-state index in [0.717, 1.165) is 12.3 Å². The minimum atomic E-state index is -2.11. The van der Waals surface area contributed by atoms with Gasteiger partial charge in [0.1, 0.15) is 12.4 Å². The fourth-order valence-electron chi connectivity index (χ4n) is 2.51. The van der Waals surface area contributed by atoms with E-state index < -0.39 is 60.6 Å². The van der Waals surface area contributed by atoms with Gasteiger partial charge in [-0.05, 0) is 13.0 Å². The van der Waals surface area contributed by atoms with Crippen LogP contribution in [0.3, 0.4) is 0 Å². The van der Waals surface area contributed by atoms with Crippen LogP contribution >= 0.6 is 0 Å². The molecule has 0 aromatic carbocycles. The second-order valence-corrected chi connectivity index (χ2v) is 6.29. The lowest BCUT2D eigenvalue weighted by Crippen LogP contribution is -2.57. The molecule has 0 bridgehead atoms. The molecule has 0 saturated heterocycles. The fourth-order valence-corrected chi connectivity index (χ4v) is 2.51. The van der Waals surface area contributed by atoms with Crippen molar-refractivity contribution >= 4 is 24.1 Å². The Morgan fingerprint density at radius 1 is 1.45 bits per heavy atom. The maximum atomic E-state index is 15.4. The van der Waals surface area contributed by atoms with Gasteiger partial charge in [-0.1, -0.05) is 13.5 Å². The third kappa shape index (κ3) is 7.18. The van der Waals surface area contributed by atoms with Crippen LogP contribution in [0.4, 0.5) is 4.39 Å². The Kier molecular flexibility index (Phi) is 9.26. The Balaban J connectivity index is 3.18. The third-order valence-corrected chi connectivity index (χ3v) is 3.83. The van der Waals surface area contributed by atoms with Gasteiger partial charge in [0.2, 0.25) is 11.7 Å². The summed E-state index contributed by atoms with van der Waals surface area (Å²) >= 11 is 0. The largest absolute Gasteiger partial charge is 0.478 e. The van der Waals surface area contributed by atoms with Crippen molar-refractivity contribution in [2.45, 2.75) is 51.6 Å². The van der Waals surface area contributed by atoms with Crippen molar-refractivity contribution in [3.8, 4) is 0 Å². The van der Waals surface area contributed by atoms with E-state index >= 15 is 4.39 Å². The number of hydrogen-bond acceptors (Lipinski definition) is 8. The van der Waals surface area contributed by atoms with Gasteiger partial charge in [-0.2, -0.15) is 4.89 Å². The second-order valence-electron chi connectivity index (χ2n) is 6.29. The maximum absolute atomic E-state index is 15.4. The predicted molar refractivity (Wildman–Crippen MR) is 97.4 cm³/mol. The van der Waals surface area contributed by atoms with Gasteiger partial charge in [-0.15, -0.1) is 0 Å². The van der Waals surface area contributed by atoms with Gasteiger partial charge in [-0.25, -0.2) is 9.18 Å². The molecule has 162 valence electrons. The number of carbonyl (C=O) groups excluding carboxylic acids is 2. The van der Waals surface area contributed by atoms with Crippen LogP contribution < -0.4 is 5.32 Å². The monoisotopic (exact) mass is 416 g/mol. The van der Waals surface area contributed by atoms with Gasteiger partial charge in [0.25, 0.3) is 0 Å². The zero-order chi connectivity index (χ0) is 22.1. The van der Waals surface area contributed by atoms with Crippen molar-refractivity contribution in [1.82, 2.24) is 5.32 Å². The average molecular weight is 416 g/mol. The van der Waals surface area contributed by atoms with E-state index in [1.165, 1.54) is 13.8 Å². The first kappa shape index (κ1) is 24.1. The molecule has 5 atom stereocenters. The van der Waals surface area contributed by atoms with Crippen LogP contribution in [0.1, 0.15) is 27.2 Å². The van der Waals surface area contributed by atoms with E-state index in [-0.39, 0.29) is 12.2 Å². The van der Waals surface area contributed by atoms with Gasteiger partial charge in [0.15, 0.2) is 18.4 Å². The molecule has 11 heteroatoms. The summed E-state index contributed by atoms with van der Waals surface area (Å²) in [5, 5.41) is 19.2. The number of hydrogen-bond donors (Lipinski definition) is 3. The Hall–Kier alpha value is -2.95. The number of amides is 1. The van der Waals surface area contributed by atoms with Crippen molar-refractivity contribution in [2.24, 2.45) is 5.92 Å². The summed E-state index contributed by atoms with van der Waals surface area (Å²) < 4.78 is 25.6. The SMILES string of the molecule is C=C(C)OOC(COC(=O)CC)C(F)[C@@H]1OC(C(=O)O)=C[C@H](C=N)C1NC(C)=O. The van der Waals surface area contributed by atoms with E-state index in [4.69, 9.17) is 24.7 Å². The second kappa shape index (κ2) is 11.1. The molecule has 3 N–H and O–H groups in total. The topological polar surface area (TPSA) is 144 Å². The first-order chi connectivity index (χ1) is 13.6. The summed E-state index contributed by atoms with van der Waals surface area (Å²) in [4.78, 5) is 44.1. The smallest absolute Gasteiger partial charge is 0.370 e. The van der Waals surface area contributed by atoms with E-state index in [0.29, 0.717) is 0 Å². The van der Waals surface area contributed by atoms with Crippen molar-refractivity contribution in [2.75, 3.05) is 6.61 Å². The molecule has 0 spiro atoms. The number of esters is 1. The van der Waals surface area contributed by atoms with E-state index in [2.05, 4.69) is 11.9 Å². The lowest BCUT2D eigenvalue weighted by Gasteiger charge is -2.38. The van der Waals surface area contributed by atoms with Crippen molar-refractivity contribution in [3.05, 3.63) is 24.2 Å². The molecule has 1 aliphatic heterocycles. The normalized spacial score (nSPS) is 22.9. The molecule has 0 aromatic heterocycles. The molecule has 0 fully saturated rings. The number of alkyl halides is 1. The predicted octanol–water partition coefficient (Wildman–Crippen LogP) is 1.27. The molecular formula is C18H25FN2O8. The van der Waals surface area contributed by atoms with Gasteiger partial charge in [0.05, 0.1) is 6.04 Å². The van der Waals surface area contributed by atoms with Crippen LogP contribution in [0.25, 0.3) is 0 Å². The van der Waals surface area contributed by atoms with Crippen LogP contribution in [0.15, 0.2) is 24.2 Å². The number of carbonyl (C=O) groups is 3. The molecule has 10 nitrogen and oxygen atoms in total. The van der Waals surface area contributed by atoms with Crippen molar-refractivity contribution < 1.29 is 43.1 Å². The fraction of sp³-hybridized carbons (Fsp3) is 0.556. The molecule has 1 amide bonds. The summed E-state index contributed by atoms with van der Waals surface area (Å²) in [5.41, 5.74) is 0. The first-order valence-corrected chi connectivity index (χ1v) is 8.78. The van der Waals surface area contributed by atoms with Gasteiger partial charge >= 0.3 is 11.9 Å². The van der Waals surface area contributed by atoms with Gasteiger partial charge in [0, 0.05) is 25.5 Å². The molecule has 3 unspecified atom stereocenters. The lowest BCUT2D eigenvalue weighted by molar-refractivity contribution is -0.317. The van der Waals surface area contributed by atoms with E-state index in [1.54, 1.807) is 6.92 Å². The molecule has 0 aromatic rings. The van der Waals surface area contributed by atoms with Crippen LogP contribution in [0.2, 0.25) is 0 Å². The molecule has 0 aliphatic carbocycles. The summed E-state index contributed by atoms with van der Waals surface area (Å²) in [7, 11) is 0. The molecule has 1 aliphatic rings. The Morgan fingerprint density at radius 3 is 2.59 bits per heavy atom.